The first kappa shape index (κ1) is 18.4. The van der Waals surface area contributed by atoms with Gasteiger partial charge >= 0.3 is 0 Å². The number of ether oxygens (including phenoxy) is 1. The van der Waals surface area contributed by atoms with Crippen molar-refractivity contribution in [3.63, 3.8) is 0 Å². The molecule has 2 aliphatic rings. The molecule has 1 N–H and O–H groups in total. The number of hydrogen-bond acceptors (Lipinski definition) is 4. The quantitative estimate of drug-likeness (QED) is 0.793. The van der Waals surface area contributed by atoms with Gasteiger partial charge in [-0.05, 0) is 70.8 Å². The van der Waals surface area contributed by atoms with E-state index in [1.807, 2.05) is 32.0 Å². The first-order valence-corrected chi connectivity index (χ1v) is 10.2. The van der Waals surface area contributed by atoms with Gasteiger partial charge in [-0.2, -0.15) is 0 Å². The summed E-state index contributed by atoms with van der Waals surface area (Å²) in [7, 11) is 0. The van der Waals surface area contributed by atoms with Crippen LogP contribution in [-0.2, 0) is 0 Å². The van der Waals surface area contributed by atoms with E-state index in [2.05, 4.69) is 10.2 Å². The van der Waals surface area contributed by atoms with Crippen LogP contribution in [0.25, 0.3) is 11.0 Å². The van der Waals surface area contributed by atoms with Crippen molar-refractivity contribution < 1.29 is 13.9 Å². The van der Waals surface area contributed by atoms with Crippen molar-refractivity contribution in [2.24, 2.45) is 5.41 Å². The highest BCUT2D eigenvalue weighted by atomic mass is 16.5. The van der Waals surface area contributed by atoms with E-state index in [-0.39, 0.29) is 17.4 Å². The van der Waals surface area contributed by atoms with Crippen molar-refractivity contribution in [1.82, 2.24) is 10.2 Å². The summed E-state index contributed by atoms with van der Waals surface area (Å²) in [6.07, 6.45) is 8.08. The van der Waals surface area contributed by atoms with E-state index >= 15 is 0 Å². The fourth-order valence-electron chi connectivity index (χ4n) is 4.05. The molecule has 4 rings (SSSR count). The number of benzene rings is 1. The van der Waals surface area contributed by atoms with Crippen LogP contribution in [0.4, 0.5) is 0 Å². The summed E-state index contributed by atoms with van der Waals surface area (Å²) in [6.45, 7) is 8.25. The van der Waals surface area contributed by atoms with Crippen LogP contribution in [0.5, 0.6) is 5.75 Å². The molecule has 0 spiro atoms. The summed E-state index contributed by atoms with van der Waals surface area (Å²) < 4.78 is 11.4. The summed E-state index contributed by atoms with van der Waals surface area (Å²) in [6, 6.07) is 5.52. The number of likely N-dealkylation sites (tertiary alicyclic amines) is 1. The molecule has 0 atom stereocenters. The summed E-state index contributed by atoms with van der Waals surface area (Å²) >= 11 is 0. The van der Waals surface area contributed by atoms with Gasteiger partial charge in [0.15, 0.2) is 0 Å². The molecule has 0 radical (unpaired) electrons. The second kappa shape index (κ2) is 7.55. The van der Waals surface area contributed by atoms with E-state index in [1.165, 1.54) is 45.2 Å². The zero-order valence-corrected chi connectivity index (χ0v) is 16.4. The van der Waals surface area contributed by atoms with Crippen LogP contribution in [-0.4, -0.2) is 43.1 Å². The van der Waals surface area contributed by atoms with Crippen LogP contribution in [0, 0.1) is 5.41 Å². The minimum absolute atomic E-state index is 0.0423. The highest BCUT2D eigenvalue weighted by Gasteiger charge is 2.44. The molecule has 1 aromatic carbocycles. The van der Waals surface area contributed by atoms with E-state index in [0.717, 1.165) is 18.5 Å². The van der Waals surface area contributed by atoms with Crippen LogP contribution in [0.15, 0.2) is 28.9 Å². The maximum absolute atomic E-state index is 12.8. The van der Waals surface area contributed by atoms with Gasteiger partial charge in [0.05, 0.1) is 17.8 Å². The third kappa shape index (κ3) is 4.29. The number of nitrogens with zero attached hydrogens (tertiary/aromatic N) is 1. The van der Waals surface area contributed by atoms with Gasteiger partial charge in [-0.25, -0.2) is 0 Å². The average molecular weight is 370 g/mol. The summed E-state index contributed by atoms with van der Waals surface area (Å²) in [4.78, 5) is 15.4. The Morgan fingerprint density at radius 3 is 2.74 bits per heavy atom. The summed E-state index contributed by atoms with van der Waals surface area (Å²) in [5.74, 6) is 0.655. The van der Waals surface area contributed by atoms with Gasteiger partial charge in [-0.15, -0.1) is 0 Å². The molecule has 5 nitrogen and oxygen atoms in total. The van der Waals surface area contributed by atoms with Gasteiger partial charge in [0.1, 0.15) is 11.3 Å². The molecule has 2 heterocycles. The number of amides is 1. The summed E-state index contributed by atoms with van der Waals surface area (Å²) in [5.41, 5.74) is 1.56. The Kier molecular flexibility index (Phi) is 5.13. The lowest BCUT2D eigenvalue weighted by atomic mass is 10.0. The minimum atomic E-state index is -0.0492. The van der Waals surface area contributed by atoms with Crippen molar-refractivity contribution in [3.05, 3.63) is 30.0 Å². The zero-order valence-electron chi connectivity index (χ0n) is 16.4. The molecule has 0 bridgehead atoms. The number of rotatable bonds is 7. The van der Waals surface area contributed by atoms with E-state index in [1.54, 1.807) is 6.26 Å². The van der Waals surface area contributed by atoms with Crippen LogP contribution in [0.2, 0.25) is 0 Å². The Labute approximate surface area is 161 Å². The fraction of sp³-hybridized carbons (Fsp3) is 0.591. The maximum atomic E-state index is 12.8. The molecule has 1 aliphatic heterocycles. The van der Waals surface area contributed by atoms with Gasteiger partial charge in [0, 0.05) is 24.1 Å². The predicted molar refractivity (Wildman–Crippen MR) is 106 cm³/mol. The molecular formula is C22H30N2O3. The maximum Gasteiger partial charge on any atom is 0.251 e. The fourth-order valence-corrected chi connectivity index (χ4v) is 4.05. The molecule has 27 heavy (non-hydrogen) atoms. The Morgan fingerprint density at radius 1 is 1.26 bits per heavy atom. The number of nitrogens with one attached hydrogen (secondary N) is 1. The lowest BCUT2D eigenvalue weighted by molar-refractivity contribution is 0.0935. The lowest BCUT2D eigenvalue weighted by Crippen LogP contribution is -2.40. The Hall–Kier alpha value is -2.01. The first-order valence-electron chi connectivity index (χ1n) is 10.2. The van der Waals surface area contributed by atoms with E-state index in [4.69, 9.17) is 9.15 Å². The molecule has 1 saturated carbocycles. The molecule has 1 amide bonds. The molecule has 1 aromatic heterocycles. The third-order valence-corrected chi connectivity index (χ3v) is 5.75. The molecule has 1 aliphatic carbocycles. The van der Waals surface area contributed by atoms with Gasteiger partial charge in [-0.3, -0.25) is 4.79 Å². The predicted octanol–water partition coefficient (Wildman–Crippen LogP) is 4.22. The second-order valence-corrected chi connectivity index (χ2v) is 8.49. The standard InChI is InChI=1S/C22H30N2O3/c1-16(2)27-20-13-17(12-19-18(20)6-11-26-19)21(25)23-14-22(7-8-22)15-24-9-4-3-5-10-24/h6,11-13,16H,3-5,7-10,14-15H2,1-2H3,(H,23,25). The van der Waals surface area contributed by atoms with Crippen molar-refractivity contribution >= 4 is 16.9 Å². The Morgan fingerprint density at radius 2 is 2.04 bits per heavy atom. The highest BCUT2D eigenvalue weighted by Crippen LogP contribution is 2.46. The number of piperidine rings is 1. The van der Waals surface area contributed by atoms with Crippen molar-refractivity contribution in [2.75, 3.05) is 26.2 Å². The topological polar surface area (TPSA) is 54.7 Å². The number of fused-ring (bicyclic) bond motifs is 1. The molecule has 5 heteroatoms. The highest BCUT2D eigenvalue weighted by molar-refractivity contribution is 5.99. The zero-order chi connectivity index (χ0) is 18.9. The second-order valence-electron chi connectivity index (χ2n) is 8.49. The monoisotopic (exact) mass is 370 g/mol. The number of furan rings is 1. The third-order valence-electron chi connectivity index (χ3n) is 5.75. The molecule has 0 unspecified atom stereocenters. The normalized spacial score (nSPS) is 19.4. The smallest absolute Gasteiger partial charge is 0.251 e. The molecular weight excluding hydrogens is 340 g/mol. The Balaban J connectivity index is 1.42. The number of hydrogen-bond donors (Lipinski definition) is 1. The van der Waals surface area contributed by atoms with E-state index in [0.29, 0.717) is 16.9 Å². The van der Waals surface area contributed by atoms with Crippen LogP contribution in [0.1, 0.15) is 56.3 Å². The molecule has 1 saturated heterocycles. The van der Waals surface area contributed by atoms with Crippen molar-refractivity contribution in [2.45, 2.75) is 52.1 Å². The van der Waals surface area contributed by atoms with Gasteiger partial charge in [0.2, 0.25) is 0 Å². The molecule has 2 fully saturated rings. The average Bonchev–Trinajstić information content (AvgIpc) is 3.23. The van der Waals surface area contributed by atoms with E-state index < -0.39 is 0 Å². The molecule has 2 aromatic rings. The van der Waals surface area contributed by atoms with Crippen molar-refractivity contribution in [1.29, 1.82) is 0 Å². The van der Waals surface area contributed by atoms with Crippen LogP contribution >= 0.6 is 0 Å². The number of carbonyl (C=O) groups excluding carboxylic acids is 1. The van der Waals surface area contributed by atoms with Crippen LogP contribution in [0.3, 0.4) is 0 Å². The van der Waals surface area contributed by atoms with Crippen LogP contribution < -0.4 is 10.1 Å². The van der Waals surface area contributed by atoms with E-state index in [9.17, 15) is 4.79 Å². The first-order chi connectivity index (χ1) is 13.0. The molecule has 146 valence electrons. The SMILES string of the molecule is CC(C)Oc1cc(C(=O)NCC2(CN3CCCCC3)CC2)cc2occc12. The minimum Gasteiger partial charge on any atom is -0.490 e. The number of carbonyl (C=O) groups is 1. The largest absolute Gasteiger partial charge is 0.490 e. The Bertz CT molecular complexity index is 801. The van der Waals surface area contributed by atoms with Gasteiger partial charge < -0.3 is 19.4 Å². The summed E-state index contributed by atoms with van der Waals surface area (Å²) in [5, 5.41) is 4.07. The van der Waals surface area contributed by atoms with Gasteiger partial charge in [0.25, 0.3) is 5.91 Å². The van der Waals surface area contributed by atoms with Gasteiger partial charge in [-0.1, -0.05) is 6.42 Å². The van der Waals surface area contributed by atoms with Crippen molar-refractivity contribution in [3.8, 4) is 5.75 Å². The lowest BCUT2D eigenvalue weighted by Gasteiger charge is -2.30.